The highest BCUT2D eigenvalue weighted by molar-refractivity contribution is 6.74. The number of aliphatic hydroxyl groups excluding tert-OH is 1. The van der Waals surface area contributed by atoms with Crippen molar-refractivity contribution in [2.45, 2.75) is 79.6 Å². The monoisotopic (exact) mass is 298 g/mol. The third kappa shape index (κ3) is 5.97. The SMILES string of the molecule is CC(=C=C(C)C(C)(C)C)C(O)CO[Si](C)(C)C(C)(C)C. The summed E-state index contributed by atoms with van der Waals surface area (Å²) in [5.41, 5.74) is 5.41. The lowest BCUT2D eigenvalue weighted by Crippen LogP contribution is -2.42. The Bertz CT molecular complexity index is 388. The van der Waals surface area contributed by atoms with Crippen LogP contribution in [0.1, 0.15) is 55.4 Å². The van der Waals surface area contributed by atoms with Crippen LogP contribution in [-0.2, 0) is 4.43 Å². The zero-order valence-electron chi connectivity index (χ0n) is 15.1. The minimum Gasteiger partial charge on any atom is -0.414 e. The topological polar surface area (TPSA) is 29.5 Å². The lowest BCUT2D eigenvalue weighted by molar-refractivity contribution is 0.127. The molecular weight excluding hydrogens is 264 g/mol. The molecule has 1 N–H and O–H groups in total. The number of rotatable bonds is 4. The van der Waals surface area contributed by atoms with E-state index in [9.17, 15) is 5.11 Å². The van der Waals surface area contributed by atoms with Crippen LogP contribution >= 0.6 is 0 Å². The van der Waals surface area contributed by atoms with Crippen LogP contribution in [-0.4, -0.2) is 26.1 Å². The van der Waals surface area contributed by atoms with Gasteiger partial charge in [-0.25, -0.2) is 0 Å². The second-order valence-corrected chi connectivity index (χ2v) is 13.1. The van der Waals surface area contributed by atoms with E-state index in [0.717, 1.165) is 11.1 Å². The average molecular weight is 299 g/mol. The summed E-state index contributed by atoms with van der Waals surface area (Å²) >= 11 is 0. The molecule has 0 saturated heterocycles. The van der Waals surface area contributed by atoms with Crippen LogP contribution in [0, 0.1) is 5.41 Å². The smallest absolute Gasteiger partial charge is 0.192 e. The van der Waals surface area contributed by atoms with Crippen LogP contribution in [0.2, 0.25) is 18.1 Å². The maximum absolute atomic E-state index is 10.2. The molecule has 0 heterocycles. The minimum atomic E-state index is -1.80. The Kier molecular flexibility index (Phi) is 6.50. The quantitative estimate of drug-likeness (QED) is 0.590. The van der Waals surface area contributed by atoms with Gasteiger partial charge in [-0.1, -0.05) is 41.5 Å². The Morgan fingerprint density at radius 2 is 1.55 bits per heavy atom. The van der Waals surface area contributed by atoms with Gasteiger partial charge in [-0.3, -0.25) is 0 Å². The predicted octanol–water partition coefficient (Wildman–Crippen LogP) is 4.91. The molecule has 0 radical (unpaired) electrons. The number of hydrogen-bond acceptors (Lipinski definition) is 2. The minimum absolute atomic E-state index is 0.0846. The highest BCUT2D eigenvalue weighted by atomic mass is 28.4. The zero-order chi connectivity index (χ0) is 16.4. The van der Waals surface area contributed by atoms with Crippen molar-refractivity contribution in [3.8, 4) is 0 Å². The van der Waals surface area contributed by atoms with Crippen LogP contribution in [0.25, 0.3) is 0 Å². The van der Waals surface area contributed by atoms with Gasteiger partial charge < -0.3 is 9.53 Å². The largest absolute Gasteiger partial charge is 0.414 e. The first-order chi connectivity index (χ1) is 8.68. The van der Waals surface area contributed by atoms with Crippen LogP contribution in [0.4, 0.5) is 0 Å². The molecule has 0 aliphatic rings. The molecule has 0 rings (SSSR count). The lowest BCUT2D eigenvalue weighted by atomic mass is 9.87. The molecule has 0 bridgehead atoms. The molecule has 1 atom stereocenters. The molecule has 0 aromatic rings. The van der Waals surface area contributed by atoms with E-state index in [0.29, 0.717) is 6.61 Å². The normalized spacial score (nSPS) is 14.8. The van der Waals surface area contributed by atoms with E-state index < -0.39 is 14.4 Å². The maximum Gasteiger partial charge on any atom is 0.192 e. The number of hydrogen-bond donors (Lipinski definition) is 1. The Hall–Kier alpha value is -0.343. The van der Waals surface area contributed by atoms with Crippen molar-refractivity contribution in [3.05, 3.63) is 16.9 Å². The molecule has 0 aliphatic carbocycles. The zero-order valence-corrected chi connectivity index (χ0v) is 16.1. The van der Waals surface area contributed by atoms with Crippen LogP contribution in [0.3, 0.4) is 0 Å². The van der Waals surface area contributed by atoms with Crippen molar-refractivity contribution in [3.63, 3.8) is 0 Å². The molecule has 118 valence electrons. The molecule has 0 saturated carbocycles. The van der Waals surface area contributed by atoms with E-state index in [-0.39, 0.29) is 10.5 Å². The van der Waals surface area contributed by atoms with E-state index in [1.807, 2.05) is 6.92 Å². The fourth-order valence-corrected chi connectivity index (χ4v) is 2.20. The first kappa shape index (κ1) is 19.7. The highest BCUT2D eigenvalue weighted by Crippen LogP contribution is 2.36. The van der Waals surface area contributed by atoms with Crippen molar-refractivity contribution in [2.24, 2.45) is 5.41 Å². The van der Waals surface area contributed by atoms with E-state index in [2.05, 4.69) is 67.3 Å². The van der Waals surface area contributed by atoms with Gasteiger partial charge in [-0.2, -0.15) is 0 Å². The summed E-state index contributed by atoms with van der Waals surface area (Å²) in [6.07, 6.45) is -0.568. The summed E-state index contributed by atoms with van der Waals surface area (Å²) in [6.45, 7) is 21.8. The van der Waals surface area contributed by atoms with E-state index in [1.54, 1.807) is 0 Å². The van der Waals surface area contributed by atoms with E-state index in [4.69, 9.17) is 4.43 Å². The fraction of sp³-hybridized carbons (Fsp3) is 0.824. The van der Waals surface area contributed by atoms with Gasteiger partial charge in [0.05, 0.1) is 6.61 Å². The fourth-order valence-electron chi connectivity index (χ4n) is 1.20. The highest BCUT2D eigenvalue weighted by Gasteiger charge is 2.37. The third-order valence-corrected chi connectivity index (χ3v) is 8.92. The Morgan fingerprint density at radius 1 is 1.10 bits per heavy atom. The molecule has 0 fully saturated rings. The summed E-state index contributed by atoms with van der Waals surface area (Å²) in [4.78, 5) is 0. The van der Waals surface area contributed by atoms with Crippen molar-refractivity contribution >= 4 is 8.32 Å². The molecule has 1 unspecified atom stereocenters. The van der Waals surface area contributed by atoms with E-state index >= 15 is 0 Å². The molecule has 0 aromatic carbocycles. The van der Waals surface area contributed by atoms with Gasteiger partial charge in [0.25, 0.3) is 0 Å². The van der Waals surface area contributed by atoms with Crippen molar-refractivity contribution in [2.75, 3.05) is 6.61 Å². The Labute approximate surface area is 127 Å². The molecular formula is C17H34O2Si. The molecule has 0 spiro atoms. The predicted molar refractivity (Wildman–Crippen MR) is 90.5 cm³/mol. The van der Waals surface area contributed by atoms with Crippen LogP contribution in [0.15, 0.2) is 16.9 Å². The third-order valence-electron chi connectivity index (χ3n) is 4.42. The van der Waals surface area contributed by atoms with Gasteiger partial charge in [0.1, 0.15) is 6.10 Å². The summed E-state index contributed by atoms with van der Waals surface area (Å²) < 4.78 is 6.06. The van der Waals surface area contributed by atoms with Gasteiger partial charge in [0, 0.05) is 0 Å². The van der Waals surface area contributed by atoms with Gasteiger partial charge in [-0.05, 0) is 48.5 Å². The summed E-state index contributed by atoms with van der Waals surface area (Å²) in [5, 5.41) is 10.4. The van der Waals surface area contributed by atoms with Crippen LogP contribution < -0.4 is 0 Å². The maximum atomic E-state index is 10.2. The molecule has 3 heteroatoms. The van der Waals surface area contributed by atoms with Gasteiger partial charge in [0.15, 0.2) is 8.32 Å². The standard InChI is InChI=1S/C17H34O2Si/c1-13(11-14(2)16(3,4)5)15(18)12-19-20(9,10)17(6,7)8/h15,18H,12H2,1-10H3. The van der Waals surface area contributed by atoms with Crippen molar-refractivity contribution in [1.82, 2.24) is 0 Å². The van der Waals surface area contributed by atoms with Crippen molar-refractivity contribution < 1.29 is 9.53 Å². The van der Waals surface area contributed by atoms with E-state index in [1.165, 1.54) is 0 Å². The first-order valence-corrected chi connectivity index (χ1v) is 10.4. The molecule has 0 aliphatic heterocycles. The molecule has 2 nitrogen and oxygen atoms in total. The number of aliphatic hydroxyl groups is 1. The molecule has 0 amide bonds. The average Bonchev–Trinajstić information content (AvgIpc) is 2.22. The summed E-state index contributed by atoms with van der Waals surface area (Å²) in [5.74, 6) is 0. The van der Waals surface area contributed by atoms with Gasteiger partial charge in [0.2, 0.25) is 0 Å². The Balaban J connectivity index is 4.89. The second-order valence-electron chi connectivity index (χ2n) is 8.27. The van der Waals surface area contributed by atoms with Gasteiger partial charge in [-0.15, -0.1) is 5.73 Å². The van der Waals surface area contributed by atoms with Crippen LogP contribution in [0.5, 0.6) is 0 Å². The van der Waals surface area contributed by atoms with Crippen molar-refractivity contribution in [1.29, 1.82) is 0 Å². The lowest BCUT2D eigenvalue weighted by Gasteiger charge is -2.36. The first-order valence-electron chi connectivity index (χ1n) is 7.45. The summed E-state index contributed by atoms with van der Waals surface area (Å²) in [7, 11) is -1.80. The summed E-state index contributed by atoms with van der Waals surface area (Å²) in [6, 6.07) is 0. The molecule has 0 aromatic heterocycles. The van der Waals surface area contributed by atoms with Gasteiger partial charge >= 0.3 is 0 Å². The Morgan fingerprint density at radius 3 is 1.90 bits per heavy atom. The second kappa shape index (κ2) is 6.61. The molecule has 20 heavy (non-hydrogen) atoms.